The van der Waals surface area contributed by atoms with Crippen molar-refractivity contribution in [3.63, 3.8) is 0 Å². The summed E-state index contributed by atoms with van der Waals surface area (Å²) in [6.07, 6.45) is 0. The normalized spacial score (nSPS) is 11.5. The highest BCUT2D eigenvalue weighted by Crippen LogP contribution is 2.31. The largest absolute Gasteiger partial charge is 0.415 e. The Bertz CT molecular complexity index is 1660. The van der Waals surface area contributed by atoms with Crippen molar-refractivity contribution < 1.29 is 4.42 Å². The topological polar surface area (TPSA) is 56.7 Å². The van der Waals surface area contributed by atoms with Gasteiger partial charge in [-0.1, -0.05) is 48.0 Å². The molecule has 0 amide bonds. The van der Waals surface area contributed by atoms with Crippen molar-refractivity contribution in [1.29, 1.82) is 0 Å². The van der Waals surface area contributed by atoms with Crippen molar-refractivity contribution in [3.8, 4) is 23.0 Å². The summed E-state index contributed by atoms with van der Waals surface area (Å²) in [6.45, 7) is 7.26. The van der Waals surface area contributed by atoms with Gasteiger partial charge in [0.2, 0.25) is 5.89 Å². The number of benzene rings is 3. The first-order valence-corrected chi connectivity index (χ1v) is 11.4. The van der Waals surface area contributed by atoms with Crippen LogP contribution in [0.15, 0.2) is 83.3 Å². The van der Waals surface area contributed by atoms with Crippen molar-refractivity contribution in [3.05, 3.63) is 101 Å². The molecule has 0 saturated carbocycles. The first-order valence-electron chi connectivity index (χ1n) is 11.4. The standard InChI is InChI=1S/C29H24N4O/c1-18-9-12-25-22(15-18)10-13-26(30-25)29-32-31-28(34-29)23-11-14-27-24(16-23)19(2)20(3)33(27)17-21-7-5-4-6-8-21/h4-16H,17H2,1-3H3. The average molecular weight is 445 g/mol. The summed E-state index contributed by atoms with van der Waals surface area (Å²) < 4.78 is 8.42. The van der Waals surface area contributed by atoms with Crippen molar-refractivity contribution in [2.75, 3.05) is 0 Å². The Balaban J connectivity index is 1.36. The number of hydrogen-bond donors (Lipinski definition) is 0. The smallest absolute Gasteiger partial charge is 0.266 e. The molecule has 0 unspecified atom stereocenters. The summed E-state index contributed by atoms with van der Waals surface area (Å²) >= 11 is 0. The number of fused-ring (bicyclic) bond motifs is 2. The fraction of sp³-hybridized carbons (Fsp3) is 0.138. The minimum Gasteiger partial charge on any atom is -0.415 e. The van der Waals surface area contributed by atoms with Crippen molar-refractivity contribution in [1.82, 2.24) is 19.7 Å². The average Bonchev–Trinajstić information content (AvgIpc) is 3.44. The number of pyridine rings is 1. The Kier molecular flexibility index (Phi) is 4.77. The first-order chi connectivity index (χ1) is 16.6. The van der Waals surface area contributed by atoms with Gasteiger partial charge in [-0.15, -0.1) is 10.2 Å². The molecule has 5 heteroatoms. The van der Waals surface area contributed by atoms with Crippen LogP contribution in [0.5, 0.6) is 0 Å². The summed E-state index contributed by atoms with van der Waals surface area (Å²) in [5.41, 5.74) is 8.72. The van der Waals surface area contributed by atoms with Gasteiger partial charge in [-0.2, -0.15) is 0 Å². The van der Waals surface area contributed by atoms with E-state index in [1.165, 1.54) is 33.3 Å². The second-order valence-electron chi connectivity index (χ2n) is 8.82. The number of aromatic nitrogens is 4. The molecule has 0 bridgehead atoms. The zero-order valence-corrected chi connectivity index (χ0v) is 19.4. The Morgan fingerprint density at radius 2 is 1.62 bits per heavy atom. The summed E-state index contributed by atoms with van der Waals surface area (Å²) in [5, 5.41) is 10.9. The summed E-state index contributed by atoms with van der Waals surface area (Å²) in [4.78, 5) is 4.71. The van der Waals surface area contributed by atoms with Crippen molar-refractivity contribution in [2.45, 2.75) is 27.3 Å². The highest BCUT2D eigenvalue weighted by Gasteiger charge is 2.16. The second kappa shape index (κ2) is 7.96. The third kappa shape index (κ3) is 3.46. The van der Waals surface area contributed by atoms with Gasteiger partial charge >= 0.3 is 0 Å². The summed E-state index contributed by atoms with van der Waals surface area (Å²) in [5.74, 6) is 0.919. The molecule has 6 aromatic rings. The van der Waals surface area contributed by atoms with Gasteiger partial charge in [-0.25, -0.2) is 4.98 Å². The summed E-state index contributed by atoms with van der Waals surface area (Å²) in [7, 11) is 0. The number of hydrogen-bond acceptors (Lipinski definition) is 4. The third-order valence-electron chi connectivity index (χ3n) is 6.56. The molecule has 0 aliphatic heterocycles. The molecular formula is C29H24N4O. The second-order valence-corrected chi connectivity index (χ2v) is 8.82. The van der Waals surface area contributed by atoms with E-state index in [4.69, 9.17) is 9.40 Å². The van der Waals surface area contributed by atoms with Crippen LogP contribution in [-0.2, 0) is 6.54 Å². The molecule has 0 radical (unpaired) electrons. The quantitative estimate of drug-likeness (QED) is 0.297. The van der Waals surface area contributed by atoms with E-state index in [2.05, 4.69) is 96.2 Å². The van der Waals surface area contributed by atoms with Gasteiger partial charge in [0, 0.05) is 34.1 Å². The molecule has 0 atom stereocenters. The Labute approximate surface area is 197 Å². The lowest BCUT2D eigenvalue weighted by Crippen LogP contribution is -2.01. The molecule has 3 aromatic heterocycles. The number of rotatable bonds is 4. The van der Waals surface area contributed by atoms with Crippen LogP contribution in [0, 0.1) is 20.8 Å². The zero-order valence-electron chi connectivity index (χ0n) is 19.4. The van der Waals surface area contributed by atoms with E-state index in [0.29, 0.717) is 17.5 Å². The molecule has 3 aromatic carbocycles. The minimum atomic E-state index is 0.423. The van der Waals surface area contributed by atoms with E-state index >= 15 is 0 Å². The Morgan fingerprint density at radius 1 is 0.794 bits per heavy atom. The molecule has 0 aliphatic rings. The van der Waals surface area contributed by atoms with Crippen LogP contribution < -0.4 is 0 Å². The van der Waals surface area contributed by atoms with Crippen LogP contribution in [0.2, 0.25) is 0 Å². The van der Waals surface area contributed by atoms with Gasteiger partial charge in [-0.05, 0) is 68.3 Å². The molecule has 0 aliphatic carbocycles. The molecule has 0 fully saturated rings. The van der Waals surface area contributed by atoms with E-state index < -0.39 is 0 Å². The maximum Gasteiger partial charge on any atom is 0.266 e. The van der Waals surface area contributed by atoms with E-state index in [0.717, 1.165) is 23.0 Å². The van der Waals surface area contributed by atoms with Crippen LogP contribution >= 0.6 is 0 Å². The maximum absolute atomic E-state index is 6.06. The molecule has 3 heterocycles. The van der Waals surface area contributed by atoms with Crippen LogP contribution in [0.3, 0.4) is 0 Å². The predicted molar refractivity (Wildman–Crippen MR) is 136 cm³/mol. The van der Waals surface area contributed by atoms with Crippen molar-refractivity contribution in [2.24, 2.45) is 0 Å². The molecule has 5 nitrogen and oxygen atoms in total. The van der Waals surface area contributed by atoms with Gasteiger partial charge in [0.15, 0.2) is 0 Å². The highest BCUT2D eigenvalue weighted by atomic mass is 16.4. The minimum absolute atomic E-state index is 0.423. The van der Waals surface area contributed by atoms with Crippen LogP contribution in [-0.4, -0.2) is 19.7 Å². The molecule has 0 saturated heterocycles. The van der Waals surface area contributed by atoms with E-state index in [1.807, 2.05) is 18.2 Å². The van der Waals surface area contributed by atoms with Crippen LogP contribution in [0.1, 0.15) is 22.4 Å². The van der Waals surface area contributed by atoms with E-state index in [9.17, 15) is 0 Å². The monoisotopic (exact) mass is 444 g/mol. The number of aryl methyl sites for hydroxylation is 2. The number of nitrogens with zero attached hydrogens (tertiary/aromatic N) is 4. The van der Waals surface area contributed by atoms with E-state index in [-0.39, 0.29) is 0 Å². The lowest BCUT2D eigenvalue weighted by Gasteiger charge is -2.09. The molecule has 0 spiro atoms. The Hall–Kier alpha value is -4.25. The fourth-order valence-corrected chi connectivity index (χ4v) is 4.56. The Morgan fingerprint density at radius 3 is 2.47 bits per heavy atom. The molecule has 6 rings (SSSR count). The SMILES string of the molecule is Cc1ccc2nc(-c3nnc(-c4ccc5c(c4)c(C)c(C)n5Cc4ccccc4)o3)ccc2c1. The molecule has 0 N–H and O–H groups in total. The maximum atomic E-state index is 6.06. The summed E-state index contributed by atoms with van der Waals surface area (Å²) in [6, 6.07) is 27.1. The zero-order chi connectivity index (χ0) is 23.2. The van der Waals surface area contributed by atoms with Gasteiger partial charge in [-0.3, -0.25) is 0 Å². The van der Waals surface area contributed by atoms with Gasteiger partial charge in [0.05, 0.1) is 5.52 Å². The predicted octanol–water partition coefficient (Wildman–Crippen LogP) is 6.88. The lowest BCUT2D eigenvalue weighted by atomic mass is 10.1. The fourth-order valence-electron chi connectivity index (χ4n) is 4.56. The lowest BCUT2D eigenvalue weighted by molar-refractivity contribution is 0.582. The van der Waals surface area contributed by atoms with Crippen molar-refractivity contribution >= 4 is 21.8 Å². The van der Waals surface area contributed by atoms with Gasteiger partial charge in [0.1, 0.15) is 5.69 Å². The van der Waals surface area contributed by atoms with Crippen LogP contribution in [0.4, 0.5) is 0 Å². The molecule has 166 valence electrons. The van der Waals surface area contributed by atoms with Gasteiger partial charge < -0.3 is 8.98 Å². The first kappa shape index (κ1) is 20.4. The highest BCUT2D eigenvalue weighted by molar-refractivity contribution is 5.89. The molecule has 34 heavy (non-hydrogen) atoms. The van der Waals surface area contributed by atoms with E-state index in [1.54, 1.807) is 0 Å². The van der Waals surface area contributed by atoms with Crippen LogP contribution in [0.25, 0.3) is 44.8 Å². The van der Waals surface area contributed by atoms with Gasteiger partial charge in [0.25, 0.3) is 5.89 Å². The molecular weight excluding hydrogens is 420 g/mol. The third-order valence-corrected chi connectivity index (χ3v) is 6.56.